The molecule has 1 aliphatic carbocycles. The van der Waals surface area contributed by atoms with Crippen LogP contribution in [0.25, 0.3) is 0 Å². The van der Waals surface area contributed by atoms with Crippen molar-refractivity contribution >= 4 is 21.2 Å². The van der Waals surface area contributed by atoms with Gasteiger partial charge in [-0.2, -0.15) is 0 Å². The summed E-state index contributed by atoms with van der Waals surface area (Å²) in [6, 6.07) is 0. The van der Waals surface area contributed by atoms with Crippen LogP contribution in [-0.4, -0.2) is 42.4 Å². The molecule has 0 saturated heterocycles. The van der Waals surface area contributed by atoms with E-state index >= 15 is 0 Å². The number of hydrogen-bond donors (Lipinski definition) is 5. The van der Waals surface area contributed by atoms with Crippen LogP contribution in [0, 0.1) is 0 Å². The topological polar surface area (TPSA) is 162 Å². The fraction of sp³-hybridized carbons (Fsp3) is 0.706. The lowest BCUT2D eigenvalue weighted by atomic mass is 10.2. The second-order valence-electron chi connectivity index (χ2n) is 5.34. The third-order valence-corrected chi connectivity index (χ3v) is 4.40. The van der Waals surface area contributed by atoms with Crippen molar-refractivity contribution < 1.29 is 43.3 Å². The van der Waals surface area contributed by atoms with Crippen molar-refractivity contribution in [2.24, 2.45) is 0 Å². The molecule has 2 atom stereocenters. The summed E-state index contributed by atoms with van der Waals surface area (Å²) in [6.07, 6.45) is 5.52. The van der Waals surface area contributed by atoms with Crippen molar-refractivity contribution in [2.45, 2.75) is 79.5 Å². The largest absolute Gasteiger partial charge is 0.435 e. The minimum atomic E-state index is -3.99. The zero-order valence-electron chi connectivity index (χ0n) is 15.5. The van der Waals surface area contributed by atoms with E-state index in [0.717, 1.165) is 6.26 Å². The molecular formula is C17H40O9P2. The summed E-state index contributed by atoms with van der Waals surface area (Å²) in [7, 11) is -7.87. The average molecular weight is 450 g/mol. The summed E-state index contributed by atoms with van der Waals surface area (Å²) >= 11 is 0. The first-order chi connectivity index (χ1) is 11.7. The Morgan fingerprint density at radius 1 is 1.11 bits per heavy atom. The number of esters is 1. The van der Waals surface area contributed by atoms with Crippen LogP contribution >= 0.6 is 15.2 Å². The fourth-order valence-electron chi connectivity index (χ4n) is 1.05. The Morgan fingerprint density at radius 3 is 1.50 bits per heavy atom. The molecule has 0 radical (unpaired) electrons. The summed E-state index contributed by atoms with van der Waals surface area (Å²) in [5.74, 6) is 0.275. The summed E-state index contributed by atoms with van der Waals surface area (Å²) < 4.78 is 24.4. The summed E-state index contributed by atoms with van der Waals surface area (Å²) in [4.78, 5) is 42.8. The van der Waals surface area contributed by atoms with Gasteiger partial charge in [0.15, 0.2) is 0 Å². The van der Waals surface area contributed by atoms with Crippen molar-refractivity contribution in [3.8, 4) is 0 Å². The van der Waals surface area contributed by atoms with Gasteiger partial charge >= 0.3 is 21.2 Å². The number of carbonyl (C=O) groups excluding carboxylic acids is 1. The molecule has 1 fully saturated rings. The highest BCUT2D eigenvalue weighted by atomic mass is 31.2. The Morgan fingerprint density at radius 2 is 1.46 bits per heavy atom. The van der Waals surface area contributed by atoms with Crippen LogP contribution < -0.4 is 0 Å². The Bertz CT molecular complexity index is 476. The lowest BCUT2D eigenvalue weighted by molar-refractivity contribution is -0.135. The molecule has 1 rings (SSSR count). The van der Waals surface area contributed by atoms with Crippen molar-refractivity contribution in [3.05, 3.63) is 25.2 Å². The van der Waals surface area contributed by atoms with Crippen LogP contribution in [0.15, 0.2) is 25.2 Å². The van der Waals surface area contributed by atoms with Gasteiger partial charge in [-0.25, -0.2) is 0 Å². The van der Waals surface area contributed by atoms with Gasteiger partial charge in [0, 0.05) is 12.7 Å². The lowest BCUT2D eigenvalue weighted by Gasteiger charge is -2.17. The van der Waals surface area contributed by atoms with Gasteiger partial charge in [0.05, 0.1) is 18.0 Å². The molecule has 172 valence electrons. The van der Waals surface area contributed by atoms with Crippen molar-refractivity contribution in [1.82, 2.24) is 0 Å². The quantitative estimate of drug-likeness (QED) is 0.227. The molecule has 0 aliphatic heterocycles. The first kappa shape index (κ1) is 37.9. The van der Waals surface area contributed by atoms with Gasteiger partial charge in [0.2, 0.25) is 0 Å². The fourth-order valence-corrected chi connectivity index (χ4v) is 2.11. The number of aliphatic hydroxyl groups is 1. The summed E-state index contributed by atoms with van der Waals surface area (Å²) in [5, 5.41) is 8.87. The van der Waals surface area contributed by atoms with Crippen LogP contribution in [0.4, 0.5) is 0 Å². The molecule has 1 aliphatic rings. The standard InChI is InChI=1S/C6H15O4P.C4H6O2.C3H6.C2H5O3P.2CH4/c1-3-6(4-5(2)7)11(8,9)10;1-3-6-4(2)5;1-2-3-1;1-2-6(3,4)5;;/h5-7H,3-4H2,1-2H3,(H2,8,9,10);3H,1H2,2H3;1-3H2;2H,1H2,(H2,3,4,5);2*1H4. The smallest absolute Gasteiger partial charge is 0.348 e. The molecule has 0 bridgehead atoms. The lowest BCUT2D eigenvalue weighted by Crippen LogP contribution is -2.14. The number of ether oxygens (including phenoxy) is 1. The Balaban J connectivity index is -0.0000000891. The molecule has 2 unspecified atom stereocenters. The van der Waals surface area contributed by atoms with Gasteiger partial charge < -0.3 is 29.4 Å². The monoisotopic (exact) mass is 450 g/mol. The van der Waals surface area contributed by atoms with Gasteiger partial charge in [-0.3, -0.25) is 13.9 Å². The second-order valence-corrected chi connectivity index (χ2v) is 8.80. The Labute approximate surface area is 169 Å². The highest BCUT2D eigenvalue weighted by Gasteiger charge is 2.27. The van der Waals surface area contributed by atoms with E-state index in [9.17, 15) is 13.9 Å². The third kappa shape index (κ3) is 44.6. The van der Waals surface area contributed by atoms with Crippen molar-refractivity contribution in [1.29, 1.82) is 0 Å². The molecule has 0 amide bonds. The van der Waals surface area contributed by atoms with E-state index in [1.165, 1.54) is 33.1 Å². The van der Waals surface area contributed by atoms with Crippen molar-refractivity contribution in [3.63, 3.8) is 0 Å². The van der Waals surface area contributed by atoms with E-state index in [1.54, 1.807) is 6.92 Å². The van der Waals surface area contributed by atoms with E-state index in [-0.39, 0.29) is 27.2 Å². The van der Waals surface area contributed by atoms with Gasteiger partial charge in [0.25, 0.3) is 0 Å². The van der Waals surface area contributed by atoms with Gasteiger partial charge in [-0.1, -0.05) is 54.2 Å². The van der Waals surface area contributed by atoms with Gasteiger partial charge in [-0.05, 0) is 19.8 Å². The zero-order chi connectivity index (χ0) is 21.4. The van der Waals surface area contributed by atoms with E-state index < -0.39 is 27.0 Å². The van der Waals surface area contributed by atoms with Crippen LogP contribution in [-0.2, 0) is 18.7 Å². The van der Waals surface area contributed by atoms with Crippen LogP contribution in [0.3, 0.4) is 0 Å². The van der Waals surface area contributed by atoms with E-state index in [2.05, 4.69) is 17.9 Å². The molecule has 11 heteroatoms. The minimum absolute atomic E-state index is 0. The van der Waals surface area contributed by atoms with Gasteiger partial charge in [0.1, 0.15) is 0 Å². The first-order valence-electron chi connectivity index (χ1n) is 7.91. The number of carbonyl (C=O) groups is 1. The first-order valence-corrected chi connectivity index (χ1v) is 11.3. The highest BCUT2D eigenvalue weighted by Crippen LogP contribution is 2.44. The normalized spacial score (nSPS) is 13.4. The maximum absolute atomic E-state index is 10.7. The summed E-state index contributed by atoms with van der Waals surface area (Å²) in [6.45, 7) is 10.6. The summed E-state index contributed by atoms with van der Waals surface area (Å²) in [5.41, 5.74) is -0.692. The van der Waals surface area contributed by atoms with Crippen LogP contribution in [0.1, 0.15) is 67.7 Å². The van der Waals surface area contributed by atoms with Crippen LogP contribution in [0.2, 0.25) is 0 Å². The van der Waals surface area contributed by atoms with E-state index in [4.69, 9.17) is 24.7 Å². The minimum Gasteiger partial charge on any atom is -0.435 e. The molecule has 28 heavy (non-hydrogen) atoms. The number of hydrogen-bond acceptors (Lipinski definition) is 5. The highest BCUT2D eigenvalue weighted by molar-refractivity contribution is 7.55. The van der Waals surface area contributed by atoms with Gasteiger partial charge in [-0.15, -0.1) is 0 Å². The van der Waals surface area contributed by atoms with Crippen LogP contribution in [0.5, 0.6) is 0 Å². The van der Waals surface area contributed by atoms with Crippen molar-refractivity contribution in [2.75, 3.05) is 0 Å². The molecule has 0 spiro atoms. The molecule has 1 saturated carbocycles. The molecule has 0 aromatic heterocycles. The zero-order valence-corrected chi connectivity index (χ0v) is 17.3. The molecular weight excluding hydrogens is 410 g/mol. The predicted molar refractivity (Wildman–Crippen MR) is 114 cm³/mol. The molecule has 0 aromatic carbocycles. The SMILES string of the molecule is C.C.C1CC1.C=COC(C)=O.C=CP(=O)(O)O.CCC(CC(C)O)P(=O)(O)O. The Kier molecular flexibility index (Phi) is 28.3. The van der Waals surface area contributed by atoms with E-state index in [1.807, 2.05) is 0 Å². The molecule has 9 nitrogen and oxygen atoms in total. The van der Waals surface area contributed by atoms with E-state index in [0.29, 0.717) is 12.2 Å². The molecule has 0 heterocycles. The maximum atomic E-state index is 10.7. The second kappa shape index (κ2) is 20.9. The molecule has 5 N–H and O–H groups in total. The Hall–Kier alpha value is -0.790. The maximum Gasteiger partial charge on any atom is 0.348 e. The number of aliphatic hydroxyl groups excluding tert-OH is 1. The predicted octanol–water partition coefficient (Wildman–Crippen LogP) is 4.16. The number of rotatable bonds is 6. The third-order valence-electron chi connectivity index (χ3n) is 2.40. The average Bonchev–Trinajstić information content (AvgIpc) is 3.32. The molecule has 0 aromatic rings.